The van der Waals surface area contributed by atoms with E-state index in [4.69, 9.17) is 9.72 Å². The van der Waals surface area contributed by atoms with Crippen LogP contribution in [0.25, 0.3) is 11.0 Å². The SMILES string of the molecule is Cc1ccc(OCCCn2c(CNC(=O)c3ccc(C)cc3C)nc3ccccc32)cc1. The number of carbonyl (C=O) groups is 1. The van der Waals surface area contributed by atoms with E-state index in [1.165, 1.54) is 5.56 Å². The van der Waals surface area contributed by atoms with Gasteiger partial charge in [-0.1, -0.05) is 47.5 Å². The number of benzene rings is 3. The third-order valence-corrected chi connectivity index (χ3v) is 5.58. The molecule has 0 saturated heterocycles. The quantitative estimate of drug-likeness (QED) is 0.385. The first-order chi connectivity index (χ1) is 15.5. The number of aromatic nitrogens is 2. The lowest BCUT2D eigenvalue weighted by Crippen LogP contribution is -2.25. The molecule has 0 spiro atoms. The van der Waals surface area contributed by atoms with Gasteiger partial charge in [-0.3, -0.25) is 4.79 Å². The Morgan fingerprint density at radius 3 is 2.50 bits per heavy atom. The van der Waals surface area contributed by atoms with Crippen molar-refractivity contribution in [2.45, 2.75) is 40.3 Å². The molecule has 0 fully saturated rings. The first-order valence-corrected chi connectivity index (χ1v) is 11.0. The summed E-state index contributed by atoms with van der Waals surface area (Å²) >= 11 is 0. The maximum atomic E-state index is 12.7. The van der Waals surface area contributed by atoms with Gasteiger partial charge in [0.05, 0.1) is 24.2 Å². The van der Waals surface area contributed by atoms with Crippen molar-refractivity contribution in [3.05, 3.63) is 94.8 Å². The molecule has 0 aliphatic carbocycles. The van der Waals surface area contributed by atoms with Crippen molar-refractivity contribution in [1.82, 2.24) is 14.9 Å². The van der Waals surface area contributed by atoms with Crippen LogP contribution >= 0.6 is 0 Å². The van der Waals surface area contributed by atoms with Gasteiger partial charge in [0.25, 0.3) is 5.91 Å². The van der Waals surface area contributed by atoms with E-state index >= 15 is 0 Å². The minimum atomic E-state index is -0.0798. The molecule has 5 heteroatoms. The molecule has 0 radical (unpaired) electrons. The van der Waals surface area contributed by atoms with Crippen molar-refractivity contribution in [3.8, 4) is 5.75 Å². The second-order valence-corrected chi connectivity index (χ2v) is 8.18. The standard InChI is InChI=1S/C27H29N3O2/c1-19-9-12-22(13-10-19)32-16-6-15-30-25-8-5-4-7-24(25)29-26(30)18-28-27(31)23-14-11-20(2)17-21(23)3/h4-5,7-14,17H,6,15-16,18H2,1-3H3,(H,28,31). The fourth-order valence-corrected chi connectivity index (χ4v) is 3.88. The van der Waals surface area contributed by atoms with E-state index in [1.54, 1.807) is 0 Å². The highest BCUT2D eigenvalue weighted by Gasteiger charge is 2.13. The van der Waals surface area contributed by atoms with Gasteiger partial charge < -0.3 is 14.6 Å². The van der Waals surface area contributed by atoms with E-state index in [9.17, 15) is 4.79 Å². The van der Waals surface area contributed by atoms with Gasteiger partial charge in [0, 0.05) is 12.1 Å². The van der Waals surface area contributed by atoms with E-state index in [0.29, 0.717) is 18.7 Å². The predicted molar refractivity (Wildman–Crippen MR) is 128 cm³/mol. The zero-order chi connectivity index (χ0) is 22.5. The summed E-state index contributed by atoms with van der Waals surface area (Å²) < 4.78 is 8.06. The molecule has 164 valence electrons. The summed E-state index contributed by atoms with van der Waals surface area (Å²) in [4.78, 5) is 17.5. The van der Waals surface area contributed by atoms with Crippen molar-refractivity contribution in [2.24, 2.45) is 0 Å². The minimum absolute atomic E-state index is 0.0798. The number of hydrogen-bond donors (Lipinski definition) is 1. The first kappa shape index (κ1) is 21.6. The lowest BCUT2D eigenvalue weighted by atomic mass is 10.1. The average molecular weight is 428 g/mol. The summed E-state index contributed by atoms with van der Waals surface area (Å²) in [7, 11) is 0. The zero-order valence-electron chi connectivity index (χ0n) is 18.9. The highest BCUT2D eigenvalue weighted by molar-refractivity contribution is 5.95. The number of carbonyl (C=O) groups excluding carboxylic acids is 1. The molecule has 5 nitrogen and oxygen atoms in total. The lowest BCUT2D eigenvalue weighted by molar-refractivity contribution is 0.0949. The van der Waals surface area contributed by atoms with Crippen LogP contribution < -0.4 is 10.1 Å². The smallest absolute Gasteiger partial charge is 0.251 e. The van der Waals surface area contributed by atoms with Crippen LogP contribution in [0, 0.1) is 20.8 Å². The number of nitrogens with zero attached hydrogens (tertiary/aromatic N) is 2. The van der Waals surface area contributed by atoms with Crippen molar-refractivity contribution >= 4 is 16.9 Å². The Bertz CT molecular complexity index is 1230. The molecular formula is C27H29N3O2. The number of aryl methyl sites for hydroxylation is 4. The Kier molecular flexibility index (Phi) is 6.55. The number of rotatable bonds is 8. The molecule has 4 aromatic rings. The van der Waals surface area contributed by atoms with Crippen LogP contribution in [0.2, 0.25) is 0 Å². The van der Waals surface area contributed by atoms with Crippen LogP contribution in [0.5, 0.6) is 5.75 Å². The molecule has 1 amide bonds. The molecule has 1 N–H and O–H groups in total. The second kappa shape index (κ2) is 9.69. The number of amides is 1. The van der Waals surface area contributed by atoms with E-state index in [2.05, 4.69) is 35.0 Å². The van der Waals surface area contributed by atoms with E-state index in [1.807, 2.05) is 62.4 Å². The molecule has 32 heavy (non-hydrogen) atoms. The van der Waals surface area contributed by atoms with Crippen LogP contribution in [0.4, 0.5) is 0 Å². The van der Waals surface area contributed by atoms with E-state index in [0.717, 1.165) is 46.7 Å². The van der Waals surface area contributed by atoms with Crippen molar-refractivity contribution in [3.63, 3.8) is 0 Å². The number of ether oxygens (including phenoxy) is 1. The van der Waals surface area contributed by atoms with Gasteiger partial charge in [0.1, 0.15) is 11.6 Å². The molecule has 4 rings (SSSR count). The normalized spacial score (nSPS) is 11.0. The topological polar surface area (TPSA) is 56.1 Å². The molecule has 0 aliphatic heterocycles. The Balaban J connectivity index is 1.43. The zero-order valence-corrected chi connectivity index (χ0v) is 18.9. The molecule has 0 saturated carbocycles. The average Bonchev–Trinajstić information content (AvgIpc) is 3.14. The molecule has 1 aromatic heterocycles. The van der Waals surface area contributed by atoms with Crippen molar-refractivity contribution < 1.29 is 9.53 Å². The summed E-state index contributed by atoms with van der Waals surface area (Å²) in [5.74, 6) is 1.65. The van der Waals surface area contributed by atoms with Crippen LogP contribution in [-0.4, -0.2) is 22.1 Å². The van der Waals surface area contributed by atoms with Crippen LogP contribution in [-0.2, 0) is 13.1 Å². The lowest BCUT2D eigenvalue weighted by Gasteiger charge is -2.12. The summed E-state index contributed by atoms with van der Waals surface area (Å²) in [6.45, 7) is 7.81. The number of hydrogen-bond acceptors (Lipinski definition) is 3. The number of para-hydroxylation sites is 2. The fraction of sp³-hybridized carbons (Fsp3) is 0.259. The maximum Gasteiger partial charge on any atom is 0.251 e. The molecule has 1 heterocycles. The summed E-state index contributed by atoms with van der Waals surface area (Å²) in [5.41, 5.74) is 6.04. The number of fused-ring (bicyclic) bond motifs is 1. The first-order valence-electron chi connectivity index (χ1n) is 11.0. The Hall–Kier alpha value is -3.60. The van der Waals surface area contributed by atoms with Crippen molar-refractivity contribution in [2.75, 3.05) is 6.61 Å². The van der Waals surface area contributed by atoms with Crippen LogP contribution in [0.3, 0.4) is 0 Å². The third kappa shape index (κ3) is 4.99. The summed E-state index contributed by atoms with van der Waals surface area (Å²) in [6, 6.07) is 22.0. The molecule has 0 bridgehead atoms. The molecular weight excluding hydrogens is 398 g/mol. The predicted octanol–water partition coefficient (Wildman–Crippen LogP) is 5.36. The second-order valence-electron chi connectivity index (χ2n) is 8.18. The van der Waals surface area contributed by atoms with Gasteiger partial charge in [-0.25, -0.2) is 4.98 Å². The summed E-state index contributed by atoms with van der Waals surface area (Å²) in [5, 5.41) is 3.04. The van der Waals surface area contributed by atoms with Gasteiger partial charge in [-0.15, -0.1) is 0 Å². The molecule has 0 aliphatic rings. The molecule has 0 atom stereocenters. The number of nitrogens with one attached hydrogen (secondary N) is 1. The molecule has 3 aromatic carbocycles. The van der Waals surface area contributed by atoms with Gasteiger partial charge in [-0.2, -0.15) is 0 Å². The monoisotopic (exact) mass is 427 g/mol. The Labute approximate surface area is 189 Å². The highest BCUT2D eigenvalue weighted by atomic mass is 16.5. The fourth-order valence-electron chi connectivity index (χ4n) is 3.88. The van der Waals surface area contributed by atoms with Gasteiger partial charge in [-0.05, 0) is 63.1 Å². The van der Waals surface area contributed by atoms with Crippen LogP contribution in [0.15, 0.2) is 66.7 Å². The van der Waals surface area contributed by atoms with E-state index < -0.39 is 0 Å². The van der Waals surface area contributed by atoms with Gasteiger partial charge in [0.15, 0.2) is 0 Å². The largest absolute Gasteiger partial charge is 0.494 e. The Morgan fingerprint density at radius 2 is 1.72 bits per heavy atom. The van der Waals surface area contributed by atoms with Crippen LogP contribution in [0.1, 0.15) is 39.3 Å². The van der Waals surface area contributed by atoms with Gasteiger partial charge >= 0.3 is 0 Å². The summed E-state index contributed by atoms with van der Waals surface area (Å²) in [6.07, 6.45) is 0.840. The van der Waals surface area contributed by atoms with E-state index in [-0.39, 0.29) is 5.91 Å². The maximum absolute atomic E-state index is 12.7. The van der Waals surface area contributed by atoms with Crippen molar-refractivity contribution in [1.29, 1.82) is 0 Å². The molecule has 0 unspecified atom stereocenters. The third-order valence-electron chi connectivity index (χ3n) is 5.58. The Morgan fingerprint density at radius 1 is 0.969 bits per heavy atom. The van der Waals surface area contributed by atoms with Gasteiger partial charge in [0.2, 0.25) is 0 Å². The minimum Gasteiger partial charge on any atom is -0.494 e. The highest BCUT2D eigenvalue weighted by Crippen LogP contribution is 2.18. The number of imidazole rings is 1.